The van der Waals surface area contributed by atoms with Crippen LogP contribution in [0.2, 0.25) is 0 Å². The van der Waals surface area contributed by atoms with E-state index in [1.165, 1.54) is 25.1 Å². The first-order valence-corrected chi connectivity index (χ1v) is 5.91. The third-order valence-electron chi connectivity index (χ3n) is 3.42. The second kappa shape index (κ2) is 4.75. The predicted octanol–water partition coefficient (Wildman–Crippen LogP) is 2.49. The smallest absolute Gasteiger partial charge is 0.0438 e. The summed E-state index contributed by atoms with van der Waals surface area (Å²) in [6, 6.07) is 6.34. The summed E-state index contributed by atoms with van der Waals surface area (Å²) in [6.07, 6.45) is 2.64. The van der Waals surface area contributed by atoms with Crippen LogP contribution < -0.4 is 5.32 Å². The van der Waals surface area contributed by atoms with E-state index >= 15 is 0 Å². The monoisotopic (exact) mass is 204 g/mol. The molecule has 2 heteroatoms. The highest BCUT2D eigenvalue weighted by atomic mass is 14.9. The maximum absolute atomic E-state index is 4.62. The van der Waals surface area contributed by atoms with Gasteiger partial charge in [0.15, 0.2) is 0 Å². The maximum Gasteiger partial charge on any atom is 0.0438 e. The Labute approximate surface area is 92.1 Å². The van der Waals surface area contributed by atoms with Crippen molar-refractivity contribution in [2.75, 3.05) is 13.1 Å². The molecule has 1 aliphatic rings. The Bertz CT molecular complexity index is 316. The van der Waals surface area contributed by atoms with E-state index < -0.39 is 0 Å². The zero-order chi connectivity index (χ0) is 10.7. The van der Waals surface area contributed by atoms with E-state index in [0.717, 1.165) is 18.2 Å². The Kier molecular flexibility index (Phi) is 3.37. The molecule has 0 aliphatic carbocycles. The van der Waals surface area contributed by atoms with Gasteiger partial charge in [-0.1, -0.05) is 13.0 Å². The summed E-state index contributed by atoms with van der Waals surface area (Å²) in [5.74, 6) is 1.34. The van der Waals surface area contributed by atoms with Crippen molar-refractivity contribution in [2.45, 2.75) is 32.6 Å². The molecule has 1 aromatic heterocycles. The first-order valence-electron chi connectivity index (χ1n) is 5.91. The normalized spacial score (nSPS) is 23.7. The maximum atomic E-state index is 4.62. The Morgan fingerprint density at radius 2 is 2.33 bits per heavy atom. The fourth-order valence-electron chi connectivity index (χ4n) is 2.36. The van der Waals surface area contributed by atoms with Crippen molar-refractivity contribution in [3.63, 3.8) is 0 Å². The lowest BCUT2D eigenvalue weighted by Gasteiger charge is -2.28. The number of nitrogens with zero attached hydrogens (tertiary/aromatic N) is 1. The summed E-state index contributed by atoms with van der Waals surface area (Å²) in [4.78, 5) is 4.62. The van der Waals surface area contributed by atoms with Gasteiger partial charge in [-0.15, -0.1) is 0 Å². The Hall–Kier alpha value is -0.890. The summed E-state index contributed by atoms with van der Waals surface area (Å²) < 4.78 is 0. The van der Waals surface area contributed by atoms with E-state index in [2.05, 4.69) is 42.3 Å². The number of nitrogens with one attached hydrogen (secondary N) is 1. The fraction of sp³-hybridized carbons (Fsp3) is 0.615. The molecule has 0 spiro atoms. The van der Waals surface area contributed by atoms with E-state index in [4.69, 9.17) is 0 Å². The summed E-state index contributed by atoms with van der Waals surface area (Å²) in [7, 11) is 0. The molecule has 0 bridgehead atoms. The minimum Gasteiger partial charge on any atom is -0.316 e. The molecule has 82 valence electrons. The van der Waals surface area contributed by atoms with Crippen molar-refractivity contribution in [1.29, 1.82) is 0 Å². The number of hydrogen-bond donors (Lipinski definition) is 1. The Morgan fingerprint density at radius 1 is 1.47 bits per heavy atom. The lowest BCUT2D eigenvalue weighted by Crippen LogP contribution is -2.32. The van der Waals surface area contributed by atoms with E-state index in [-0.39, 0.29) is 0 Å². The van der Waals surface area contributed by atoms with Crippen molar-refractivity contribution in [1.82, 2.24) is 10.3 Å². The van der Waals surface area contributed by atoms with Gasteiger partial charge in [0.05, 0.1) is 0 Å². The van der Waals surface area contributed by atoms with Gasteiger partial charge in [0.1, 0.15) is 0 Å². The van der Waals surface area contributed by atoms with Crippen LogP contribution in [-0.4, -0.2) is 18.1 Å². The van der Waals surface area contributed by atoms with Gasteiger partial charge in [0, 0.05) is 17.3 Å². The lowest BCUT2D eigenvalue weighted by molar-refractivity contribution is 0.331. The molecule has 1 fully saturated rings. The first kappa shape index (κ1) is 10.6. The van der Waals surface area contributed by atoms with Gasteiger partial charge in [-0.2, -0.15) is 0 Å². The molecule has 1 aromatic rings. The third kappa shape index (κ3) is 2.57. The number of pyridine rings is 1. The minimum atomic E-state index is 0.581. The zero-order valence-corrected chi connectivity index (χ0v) is 9.66. The topological polar surface area (TPSA) is 24.9 Å². The van der Waals surface area contributed by atoms with Crippen LogP contribution in [-0.2, 0) is 0 Å². The minimum absolute atomic E-state index is 0.581. The summed E-state index contributed by atoms with van der Waals surface area (Å²) in [5.41, 5.74) is 2.38. The average molecular weight is 204 g/mol. The fourth-order valence-corrected chi connectivity index (χ4v) is 2.36. The van der Waals surface area contributed by atoms with Crippen molar-refractivity contribution < 1.29 is 0 Å². The van der Waals surface area contributed by atoms with Crippen LogP contribution >= 0.6 is 0 Å². The molecular weight excluding hydrogens is 184 g/mol. The van der Waals surface area contributed by atoms with Crippen LogP contribution in [0.25, 0.3) is 0 Å². The van der Waals surface area contributed by atoms with E-state index in [1.54, 1.807) is 0 Å². The van der Waals surface area contributed by atoms with Crippen LogP contribution in [0, 0.1) is 12.8 Å². The lowest BCUT2D eigenvalue weighted by atomic mass is 9.85. The van der Waals surface area contributed by atoms with Crippen LogP contribution in [0.5, 0.6) is 0 Å². The molecular formula is C13H20N2. The highest BCUT2D eigenvalue weighted by Gasteiger charge is 2.21. The molecule has 2 unspecified atom stereocenters. The molecule has 2 heterocycles. The summed E-state index contributed by atoms with van der Waals surface area (Å²) >= 11 is 0. The molecule has 1 saturated heterocycles. The Morgan fingerprint density at radius 3 is 3.00 bits per heavy atom. The van der Waals surface area contributed by atoms with Crippen LogP contribution in [0.1, 0.15) is 37.1 Å². The molecule has 0 radical (unpaired) electrons. The van der Waals surface area contributed by atoms with Gasteiger partial charge >= 0.3 is 0 Å². The Balaban J connectivity index is 2.08. The number of hydrogen-bond acceptors (Lipinski definition) is 2. The summed E-state index contributed by atoms with van der Waals surface area (Å²) in [5, 5.41) is 3.47. The van der Waals surface area contributed by atoms with Gasteiger partial charge < -0.3 is 5.32 Å². The molecule has 2 atom stereocenters. The molecule has 2 rings (SSSR count). The van der Waals surface area contributed by atoms with Gasteiger partial charge in [-0.3, -0.25) is 4.98 Å². The van der Waals surface area contributed by atoms with Crippen LogP contribution in [0.4, 0.5) is 0 Å². The quantitative estimate of drug-likeness (QED) is 0.800. The highest BCUT2D eigenvalue weighted by molar-refractivity contribution is 5.14. The van der Waals surface area contributed by atoms with Gasteiger partial charge in [-0.25, -0.2) is 0 Å². The van der Waals surface area contributed by atoms with Gasteiger partial charge in [-0.05, 0) is 50.9 Å². The number of aryl methyl sites for hydroxylation is 1. The van der Waals surface area contributed by atoms with E-state index in [0.29, 0.717) is 5.92 Å². The first-order chi connectivity index (χ1) is 7.27. The molecule has 1 aliphatic heterocycles. The third-order valence-corrected chi connectivity index (χ3v) is 3.42. The number of aromatic nitrogens is 1. The van der Waals surface area contributed by atoms with E-state index in [1.807, 2.05) is 0 Å². The van der Waals surface area contributed by atoms with Crippen molar-refractivity contribution in [3.8, 4) is 0 Å². The van der Waals surface area contributed by atoms with Crippen molar-refractivity contribution >= 4 is 0 Å². The zero-order valence-electron chi connectivity index (χ0n) is 9.66. The molecule has 0 saturated carbocycles. The predicted molar refractivity (Wildman–Crippen MR) is 63.0 cm³/mol. The second-order valence-corrected chi connectivity index (χ2v) is 4.60. The molecule has 0 amide bonds. The standard InChI is InChI=1S/C13H20N2/c1-10-5-3-7-13(15-10)11(2)12-6-4-8-14-9-12/h3,5,7,11-12,14H,4,6,8-9H2,1-2H3. The second-order valence-electron chi connectivity index (χ2n) is 4.60. The number of piperidine rings is 1. The molecule has 1 N–H and O–H groups in total. The SMILES string of the molecule is Cc1cccc(C(C)C2CCCNC2)n1. The molecule has 2 nitrogen and oxygen atoms in total. The summed E-state index contributed by atoms with van der Waals surface area (Å²) in [6.45, 7) is 6.70. The average Bonchev–Trinajstić information content (AvgIpc) is 2.29. The van der Waals surface area contributed by atoms with Crippen LogP contribution in [0.3, 0.4) is 0 Å². The van der Waals surface area contributed by atoms with Crippen molar-refractivity contribution in [2.24, 2.45) is 5.92 Å². The van der Waals surface area contributed by atoms with Crippen LogP contribution in [0.15, 0.2) is 18.2 Å². The number of rotatable bonds is 2. The molecule has 15 heavy (non-hydrogen) atoms. The van der Waals surface area contributed by atoms with E-state index in [9.17, 15) is 0 Å². The van der Waals surface area contributed by atoms with Crippen molar-refractivity contribution in [3.05, 3.63) is 29.6 Å². The largest absolute Gasteiger partial charge is 0.316 e. The molecule has 0 aromatic carbocycles. The highest BCUT2D eigenvalue weighted by Crippen LogP contribution is 2.27. The van der Waals surface area contributed by atoms with Gasteiger partial charge in [0.25, 0.3) is 0 Å². The van der Waals surface area contributed by atoms with Gasteiger partial charge in [0.2, 0.25) is 0 Å².